The van der Waals surface area contributed by atoms with Crippen molar-refractivity contribution in [1.82, 2.24) is 0 Å². The molecule has 138 valence electrons. The summed E-state index contributed by atoms with van der Waals surface area (Å²) < 4.78 is 15.3. The minimum absolute atomic E-state index is 0.124. The molecular formula is C19H14O8. The van der Waals surface area contributed by atoms with Gasteiger partial charge in [0.1, 0.15) is 5.56 Å². The van der Waals surface area contributed by atoms with Crippen molar-refractivity contribution < 1.29 is 28.6 Å². The molecule has 27 heavy (non-hydrogen) atoms. The first-order chi connectivity index (χ1) is 13.0. The Labute approximate surface area is 151 Å². The van der Waals surface area contributed by atoms with Gasteiger partial charge in [-0.15, -0.1) is 0 Å². The lowest BCUT2D eigenvalue weighted by Crippen LogP contribution is -2.09. The molecule has 0 saturated heterocycles. The van der Waals surface area contributed by atoms with Crippen LogP contribution in [0.4, 0.5) is 0 Å². The highest BCUT2D eigenvalue weighted by Crippen LogP contribution is 2.40. The SMILES string of the molecule is COc1c(CO)c2oc(=O)ccc(=O)oc1c(O)c2C(=O)c1ccccc1. The minimum atomic E-state index is -1.00. The lowest BCUT2D eigenvalue weighted by molar-refractivity contribution is 0.103. The van der Waals surface area contributed by atoms with E-state index in [0.29, 0.717) is 0 Å². The summed E-state index contributed by atoms with van der Waals surface area (Å²) in [4.78, 5) is 36.8. The maximum absolute atomic E-state index is 13.0. The van der Waals surface area contributed by atoms with Gasteiger partial charge in [-0.25, -0.2) is 9.59 Å². The molecule has 0 unspecified atom stereocenters. The number of aliphatic hydroxyl groups excluding tert-OH is 1. The van der Waals surface area contributed by atoms with Crippen LogP contribution in [-0.2, 0) is 6.61 Å². The Kier molecular flexibility index (Phi) is 4.91. The molecule has 4 aromatic rings. The van der Waals surface area contributed by atoms with E-state index in [1.807, 2.05) is 0 Å². The van der Waals surface area contributed by atoms with Crippen LogP contribution in [0.5, 0.6) is 11.5 Å². The fourth-order valence-electron chi connectivity index (χ4n) is 2.64. The topological polar surface area (TPSA) is 127 Å². The highest BCUT2D eigenvalue weighted by atomic mass is 16.5. The van der Waals surface area contributed by atoms with Crippen LogP contribution in [0.1, 0.15) is 21.5 Å². The smallest absolute Gasteiger partial charge is 0.336 e. The van der Waals surface area contributed by atoms with Crippen LogP contribution in [0.25, 0.3) is 11.2 Å². The fourth-order valence-corrected chi connectivity index (χ4v) is 2.64. The van der Waals surface area contributed by atoms with Crippen LogP contribution in [0.15, 0.2) is 60.9 Å². The molecule has 2 heterocycles. The first-order valence-corrected chi connectivity index (χ1v) is 7.76. The molecule has 0 saturated carbocycles. The number of ether oxygens (including phenoxy) is 1. The number of ketones is 1. The fraction of sp³-hybridized carbons (Fsp3) is 0.105. The zero-order chi connectivity index (χ0) is 19.6. The zero-order valence-corrected chi connectivity index (χ0v) is 14.1. The van der Waals surface area contributed by atoms with Crippen molar-refractivity contribution in [2.75, 3.05) is 7.11 Å². The number of hydrogen-bond acceptors (Lipinski definition) is 8. The number of aliphatic hydroxyl groups is 1. The molecule has 4 rings (SSSR count). The zero-order valence-electron chi connectivity index (χ0n) is 14.1. The van der Waals surface area contributed by atoms with E-state index in [0.717, 1.165) is 12.1 Å². The molecule has 8 nitrogen and oxygen atoms in total. The molecule has 0 spiro atoms. The molecule has 0 aliphatic heterocycles. The van der Waals surface area contributed by atoms with Crippen molar-refractivity contribution in [3.63, 3.8) is 0 Å². The highest BCUT2D eigenvalue weighted by molar-refractivity contribution is 6.16. The van der Waals surface area contributed by atoms with E-state index in [1.165, 1.54) is 19.2 Å². The van der Waals surface area contributed by atoms with Crippen LogP contribution >= 0.6 is 0 Å². The second-order valence-corrected chi connectivity index (χ2v) is 5.42. The van der Waals surface area contributed by atoms with Gasteiger partial charge in [0.2, 0.25) is 11.4 Å². The molecule has 0 aliphatic carbocycles. The Balaban J connectivity index is 2.59. The third-order valence-electron chi connectivity index (χ3n) is 3.82. The number of rotatable bonds is 4. The Bertz CT molecular complexity index is 1160. The predicted molar refractivity (Wildman–Crippen MR) is 93.8 cm³/mol. The Hall–Kier alpha value is -3.65. The number of benzene rings is 2. The van der Waals surface area contributed by atoms with Crippen molar-refractivity contribution >= 4 is 16.9 Å². The van der Waals surface area contributed by atoms with E-state index in [2.05, 4.69) is 0 Å². The van der Waals surface area contributed by atoms with Crippen molar-refractivity contribution in [2.24, 2.45) is 0 Å². The molecule has 0 fully saturated rings. The number of aromatic hydroxyl groups is 1. The summed E-state index contributed by atoms with van der Waals surface area (Å²) in [7, 11) is 1.21. The summed E-state index contributed by atoms with van der Waals surface area (Å²) in [5, 5.41) is 20.4. The van der Waals surface area contributed by atoms with E-state index >= 15 is 0 Å². The van der Waals surface area contributed by atoms with Gasteiger partial charge in [0, 0.05) is 17.7 Å². The van der Waals surface area contributed by atoms with Crippen LogP contribution in [-0.4, -0.2) is 23.1 Å². The number of carbonyl (C=O) groups excluding carboxylic acids is 1. The first kappa shape index (κ1) is 18.2. The van der Waals surface area contributed by atoms with Crippen LogP contribution in [0.2, 0.25) is 0 Å². The van der Waals surface area contributed by atoms with Gasteiger partial charge >= 0.3 is 11.3 Å². The predicted octanol–water partition coefficient (Wildman–Crippen LogP) is 1.75. The number of phenols is 1. The standard InChI is InChI=1S/C19H14O8/c1-25-18-11(9-20)17-14(15(23)10-5-3-2-4-6-10)16(24)19(18)27-13(22)8-7-12(21)26-17/h2-8,20,24H,9H2,1H3. The van der Waals surface area contributed by atoms with Crippen molar-refractivity contribution in [3.05, 3.63) is 80.0 Å². The monoisotopic (exact) mass is 370 g/mol. The van der Waals surface area contributed by atoms with Crippen LogP contribution in [0, 0.1) is 0 Å². The molecule has 2 aromatic carbocycles. The highest BCUT2D eigenvalue weighted by Gasteiger charge is 2.27. The lowest BCUT2D eigenvalue weighted by atomic mass is 9.98. The molecule has 0 aliphatic rings. The molecule has 2 bridgehead atoms. The van der Waals surface area contributed by atoms with Gasteiger partial charge in [0.25, 0.3) is 0 Å². The van der Waals surface area contributed by atoms with Crippen molar-refractivity contribution in [1.29, 1.82) is 0 Å². The van der Waals surface area contributed by atoms with Gasteiger partial charge in [-0.3, -0.25) is 4.79 Å². The molecular weight excluding hydrogens is 356 g/mol. The number of hydrogen-bond donors (Lipinski definition) is 2. The van der Waals surface area contributed by atoms with Crippen molar-refractivity contribution in [2.45, 2.75) is 6.61 Å². The number of fused-ring (bicyclic) bond motifs is 7. The van der Waals surface area contributed by atoms with E-state index in [4.69, 9.17) is 13.6 Å². The average Bonchev–Trinajstić information content (AvgIpc) is 2.68. The third kappa shape index (κ3) is 3.25. The maximum atomic E-state index is 13.0. The molecule has 8 heteroatoms. The Morgan fingerprint density at radius 1 is 1.00 bits per heavy atom. The van der Waals surface area contributed by atoms with Gasteiger partial charge in [-0.05, 0) is 0 Å². The average molecular weight is 370 g/mol. The largest absolute Gasteiger partial charge is 0.504 e. The maximum Gasteiger partial charge on any atom is 0.336 e. The first-order valence-electron chi connectivity index (χ1n) is 7.76. The number of carbonyl (C=O) groups is 1. The molecule has 2 N–H and O–H groups in total. The second-order valence-electron chi connectivity index (χ2n) is 5.42. The molecule has 0 amide bonds. The molecule has 0 atom stereocenters. The summed E-state index contributed by atoms with van der Waals surface area (Å²) >= 11 is 0. The van der Waals surface area contributed by atoms with E-state index in [9.17, 15) is 24.6 Å². The van der Waals surface area contributed by atoms with Gasteiger partial charge < -0.3 is 23.8 Å². The Morgan fingerprint density at radius 3 is 2.15 bits per heavy atom. The van der Waals surface area contributed by atoms with Gasteiger partial charge in [-0.1, -0.05) is 30.3 Å². The van der Waals surface area contributed by atoms with Gasteiger partial charge in [0.15, 0.2) is 17.1 Å². The Morgan fingerprint density at radius 2 is 1.59 bits per heavy atom. The van der Waals surface area contributed by atoms with Crippen LogP contribution in [0.3, 0.4) is 0 Å². The second kappa shape index (κ2) is 7.30. The van der Waals surface area contributed by atoms with E-state index in [-0.39, 0.29) is 22.5 Å². The van der Waals surface area contributed by atoms with Crippen LogP contribution < -0.4 is 16.0 Å². The number of phenolic OH excluding ortho intramolecular Hbond substituents is 1. The summed E-state index contributed by atoms with van der Waals surface area (Å²) in [6, 6.07) is 9.51. The third-order valence-corrected chi connectivity index (χ3v) is 3.82. The number of methoxy groups -OCH3 is 1. The van der Waals surface area contributed by atoms with E-state index < -0.39 is 40.5 Å². The normalized spacial score (nSPS) is 10.6. The summed E-state index contributed by atoms with van der Waals surface area (Å²) in [5.41, 5.74) is -3.21. The van der Waals surface area contributed by atoms with Gasteiger partial charge in [0.05, 0.1) is 19.3 Å². The lowest BCUT2D eigenvalue weighted by Gasteiger charge is -2.13. The van der Waals surface area contributed by atoms with Crippen molar-refractivity contribution in [3.8, 4) is 11.5 Å². The molecule has 2 aromatic heterocycles. The quantitative estimate of drug-likeness (QED) is 0.665. The summed E-state index contributed by atoms with van der Waals surface area (Å²) in [6.07, 6.45) is 0. The van der Waals surface area contributed by atoms with Gasteiger partial charge in [-0.2, -0.15) is 0 Å². The van der Waals surface area contributed by atoms with E-state index in [1.54, 1.807) is 18.2 Å². The molecule has 0 radical (unpaired) electrons. The summed E-state index contributed by atoms with van der Waals surface area (Å²) in [6.45, 7) is -0.713. The minimum Gasteiger partial charge on any atom is -0.504 e. The summed E-state index contributed by atoms with van der Waals surface area (Å²) in [5.74, 6) is -1.68.